The number of thiazole rings is 1. The summed E-state index contributed by atoms with van der Waals surface area (Å²) in [5.41, 5.74) is 3.33. The van der Waals surface area contributed by atoms with Gasteiger partial charge in [-0.1, -0.05) is 12.1 Å². The number of hydrogen-bond acceptors (Lipinski definition) is 7. The van der Waals surface area contributed by atoms with E-state index in [1.807, 2.05) is 41.8 Å². The summed E-state index contributed by atoms with van der Waals surface area (Å²) in [6, 6.07) is 14.3. The molecule has 0 amide bonds. The van der Waals surface area contributed by atoms with Gasteiger partial charge in [0.15, 0.2) is 0 Å². The molecule has 132 valence electrons. The summed E-state index contributed by atoms with van der Waals surface area (Å²) in [6.45, 7) is 0. The van der Waals surface area contributed by atoms with Crippen molar-refractivity contribution in [3.8, 4) is 21.8 Å². The van der Waals surface area contributed by atoms with Crippen molar-refractivity contribution in [2.45, 2.75) is 0 Å². The standard InChI is InChI=1S/C19H13N5O2S/c25-24(26)17-7-3-9-21-18(17)22-15-6-1-4-13(10-15)16-12-27-19(23-16)14-5-2-8-20-11-14/h1-12H,(H,21,22). The molecular formula is C19H13N5O2S. The normalized spacial score (nSPS) is 10.5. The molecular weight excluding hydrogens is 362 g/mol. The molecule has 4 rings (SSSR count). The summed E-state index contributed by atoms with van der Waals surface area (Å²) in [5.74, 6) is 0.203. The maximum atomic E-state index is 11.1. The molecule has 0 saturated heterocycles. The van der Waals surface area contributed by atoms with E-state index in [1.54, 1.807) is 23.7 Å². The molecule has 0 bridgehead atoms. The van der Waals surface area contributed by atoms with Gasteiger partial charge in [0.2, 0.25) is 5.82 Å². The molecule has 8 heteroatoms. The fourth-order valence-electron chi connectivity index (χ4n) is 2.56. The molecule has 0 aliphatic carbocycles. The molecule has 0 aliphatic rings. The van der Waals surface area contributed by atoms with Crippen molar-refractivity contribution in [1.29, 1.82) is 0 Å². The van der Waals surface area contributed by atoms with Gasteiger partial charge in [-0.3, -0.25) is 15.1 Å². The van der Waals surface area contributed by atoms with Crippen LogP contribution < -0.4 is 5.32 Å². The average molecular weight is 375 g/mol. The van der Waals surface area contributed by atoms with Gasteiger partial charge in [-0.2, -0.15) is 0 Å². The first-order valence-corrected chi connectivity index (χ1v) is 8.91. The molecule has 1 N–H and O–H groups in total. The van der Waals surface area contributed by atoms with Gasteiger partial charge >= 0.3 is 5.69 Å². The minimum atomic E-state index is -0.459. The second-order valence-corrected chi connectivity index (χ2v) is 6.47. The lowest BCUT2D eigenvalue weighted by atomic mass is 10.1. The second-order valence-electron chi connectivity index (χ2n) is 5.61. The van der Waals surface area contributed by atoms with Crippen molar-refractivity contribution in [2.75, 3.05) is 5.32 Å². The topological polar surface area (TPSA) is 93.8 Å². The van der Waals surface area contributed by atoms with E-state index >= 15 is 0 Å². The van der Waals surface area contributed by atoms with E-state index in [0.29, 0.717) is 5.69 Å². The van der Waals surface area contributed by atoms with E-state index in [1.165, 1.54) is 18.3 Å². The molecule has 4 aromatic rings. The van der Waals surface area contributed by atoms with Crippen molar-refractivity contribution in [3.05, 3.63) is 82.6 Å². The fraction of sp³-hybridized carbons (Fsp3) is 0. The predicted octanol–water partition coefficient (Wildman–Crippen LogP) is 4.92. The van der Waals surface area contributed by atoms with Gasteiger partial charge in [0.05, 0.1) is 10.6 Å². The zero-order valence-corrected chi connectivity index (χ0v) is 14.8. The molecule has 0 spiro atoms. The van der Waals surface area contributed by atoms with Crippen molar-refractivity contribution in [3.63, 3.8) is 0 Å². The maximum absolute atomic E-state index is 11.1. The molecule has 1 aromatic carbocycles. The third kappa shape index (κ3) is 3.65. The van der Waals surface area contributed by atoms with Crippen LogP contribution in [0.5, 0.6) is 0 Å². The summed E-state index contributed by atoms with van der Waals surface area (Å²) in [7, 11) is 0. The van der Waals surface area contributed by atoms with Crippen LogP contribution in [-0.2, 0) is 0 Å². The Kier molecular flexibility index (Phi) is 4.54. The summed E-state index contributed by atoms with van der Waals surface area (Å²) >= 11 is 1.54. The molecule has 0 saturated carbocycles. The highest BCUT2D eigenvalue weighted by molar-refractivity contribution is 7.13. The molecule has 3 aromatic heterocycles. The number of nitrogens with zero attached hydrogens (tertiary/aromatic N) is 4. The second kappa shape index (κ2) is 7.30. The minimum Gasteiger partial charge on any atom is -0.334 e. The smallest absolute Gasteiger partial charge is 0.311 e. The molecule has 0 aliphatic heterocycles. The number of hydrogen-bond donors (Lipinski definition) is 1. The first-order chi connectivity index (χ1) is 13.2. The van der Waals surface area contributed by atoms with Gasteiger partial charge in [0.1, 0.15) is 5.01 Å². The first-order valence-electron chi connectivity index (χ1n) is 8.03. The van der Waals surface area contributed by atoms with E-state index in [2.05, 4.69) is 20.3 Å². The number of aromatic nitrogens is 3. The highest BCUT2D eigenvalue weighted by Crippen LogP contribution is 2.31. The number of rotatable bonds is 5. The average Bonchev–Trinajstić information content (AvgIpc) is 3.19. The largest absolute Gasteiger partial charge is 0.334 e. The van der Waals surface area contributed by atoms with Crippen LogP contribution in [0.25, 0.3) is 21.8 Å². The quantitative estimate of drug-likeness (QED) is 0.393. The van der Waals surface area contributed by atoms with E-state index in [9.17, 15) is 10.1 Å². The summed E-state index contributed by atoms with van der Waals surface area (Å²) in [5, 5.41) is 17.0. The van der Waals surface area contributed by atoms with Gasteiger partial charge in [0.25, 0.3) is 0 Å². The van der Waals surface area contributed by atoms with Gasteiger partial charge in [0, 0.05) is 46.9 Å². The zero-order chi connectivity index (χ0) is 18.6. The minimum absolute atomic E-state index is 0.0737. The van der Waals surface area contributed by atoms with Crippen LogP contribution in [0.3, 0.4) is 0 Å². The van der Waals surface area contributed by atoms with Crippen LogP contribution in [0.1, 0.15) is 0 Å². The Balaban J connectivity index is 1.62. The lowest BCUT2D eigenvalue weighted by molar-refractivity contribution is -0.384. The van der Waals surface area contributed by atoms with Gasteiger partial charge < -0.3 is 5.32 Å². The van der Waals surface area contributed by atoms with Crippen LogP contribution in [0.2, 0.25) is 0 Å². The Morgan fingerprint density at radius 3 is 2.70 bits per heavy atom. The maximum Gasteiger partial charge on any atom is 0.311 e. The van der Waals surface area contributed by atoms with Crippen molar-refractivity contribution in [2.24, 2.45) is 0 Å². The summed E-state index contributed by atoms with van der Waals surface area (Å²) in [6.07, 6.45) is 5.02. The summed E-state index contributed by atoms with van der Waals surface area (Å²) in [4.78, 5) is 23.6. The lowest BCUT2D eigenvalue weighted by Crippen LogP contribution is -1.99. The fourth-order valence-corrected chi connectivity index (χ4v) is 3.38. The number of benzene rings is 1. The highest BCUT2D eigenvalue weighted by Gasteiger charge is 2.14. The van der Waals surface area contributed by atoms with Crippen molar-refractivity contribution in [1.82, 2.24) is 15.0 Å². The molecule has 0 atom stereocenters. The van der Waals surface area contributed by atoms with E-state index in [4.69, 9.17) is 0 Å². The van der Waals surface area contributed by atoms with Gasteiger partial charge in [-0.25, -0.2) is 9.97 Å². The Morgan fingerprint density at radius 1 is 1.04 bits per heavy atom. The van der Waals surface area contributed by atoms with Gasteiger partial charge in [-0.15, -0.1) is 11.3 Å². The Hall–Kier alpha value is -3.65. The number of nitrogens with one attached hydrogen (secondary N) is 1. The SMILES string of the molecule is O=[N+]([O-])c1cccnc1Nc1cccc(-c2csc(-c3cccnc3)n2)c1. The predicted molar refractivity (Wildman–Crippen MR) is 105 cm³/mol. The Morgan fingerprint density at radius 2 is 1.89 bits per heavy atom. The van der Waals surface area contributed by atoms with E-state index < -0.39 is 4.92 Å². The molecule has 0 fully saturated rings. The van der Waals surface area contributed by atoms with Crippen LogP contribution in [0, 0.1) is 10.1 Å². The van der Waals surface area contributed by atoms with Gasteiger partial charge in [-0.05, 0) is 30.3 Å². The van der Waals surface area contributed by atoms with Crippen LogP contribution in [-0.4, -0.2) is 19.9 Å². The van der Waals surface area contributed by atoms with Crippen LogP contribution >= 0.6 is 11.3 Å². The van der Waals surface area contributed by atoms with E-state index in [0.717, 1.165) is 21.8 Å². The molecule has 0 radical (unpaired) electrons. The Labute approximate surface area is 158 Å². The summed E-state index contributed by atoms with van der Waals surface area (Å²) < 4.78 is 0. The Bertz CT molecular complexity index is 1100. The number of anilines is 2. The van der Waals surface area contributed by atoms with Crippen LogP contribution in [0.4, 0.5) is 17.2 Å². The van der Waals surface area contributed by atoms with Crippen molar-refractivity contribution < 1.29 is 4.92 Å². The lowest BCUT2D eigenvalue weighted by Gasteiger charge is -2.07. The van der Waals surface area contributed by atoms with Crippen LogP contribution in [0.15, 0.2) is 72.5 Å². The number of pyridine rings is 2. The monoisotopic (exact) mass is 375 g/mol. The first kappa shape index (κ1) is 16.8. The third-order valence-corrected chi connectivity index (χ3v) is 4.71. The zero-order valence-electron chi connectivity index (χ0n) is 13.9. The molecule has 7 nitrogen and oxygen atoms in total. The molecule has 27 heavy (non-hydrogen) atoms. The van der Waals surface area contributed by atoms with E-state index in [-0.39, 0.29) is 11.5 Å². The molecule has 3 heterocycles. The molecule has 0 unspecified atom stereocenters. The third-order valence-electron chi connectivity index (χ3n) is 3.82. The highest BCUT2D eigenvalue weighted by atomic mass is 32.1. The van der Waals surface area contributed by atoms with Crippen molar-refractivity contribution >= 4 is 28.5 Å². The number of nitro groups is 1.